The highest BCUT2D eigenvalue weighted by molar-refractivity contribution is 6.06. The highest BCUT2D eigenvalue weighted by Gasteiger charge is 2.21. The Kier molecular flexibility index (Phi) is 6.30. The van der Waals surface area contributed by atoms with Gasteiger partial charge in [0.1, 0.15) is 0 Å². The Hall–Kier alpha value is -3.94. The molecule has 4 rings (SSSR count). The molecule has 8 heteroatoms. The van der Waals surface area contributed by atoms with Crippen molar-refractivity contribution >= 4 is 34.4 Å². The van der Waals surface area contributed by atoms with Crippen LogP contribution in [0.3, 0.4) is 0 Å². The van der Waals surface area contributed by atoms with Gasteiger partial charge >= 0.3 is 5.97 Å². The number of nitrogens with one attached hydrogen (secondary N) is 3. The minimum Gasteiger partial charge on any atom is -0.452 e. The lowest BCUT2D eigenvalue weighted by Crippen LogP contribution is -2.33. The van der Waals surface area contributed by atoms with E-state index >= 15 is 0 Å². The van der Waals surface area contributed by atoms with Gasteiger partial charge in [0.05, 0.1) is 16.8 Å². The van der Waals surface area contributed by atoms with Gasteiger partial charge in [0.25, 0.3) is 11.8 Å². The Balaban J connectivity index is 1.41. The van der Waals surface area contributed by atoms with Gasteiger partial charge in [-0.2, -0.15) is 0 Å². The van der Waals surface area contributed by atoms with E-state index in [1.807, 2.05) is 0 Å². The van der Waals surface area contributed by atoms with Crippen molar-refractivity contribution < 1.29 is 19.1 Å². The van der Waals surface area contributed by atoms with Crippen LogP contribution in [0.5, 0.6) is 0 Å². The number of esters is 1. The number of aromatic nitrogens is 1. The van der Waals surface area contributed by atoms with Gasteiger partial charge in [-0.25, -0.2) is 4.79 Å². The third-order valence-corrected chi connectivity index (χ3v) is 5.44. The number of benzene rings is 2. The second-order valence-electron chi connectivity index (χ2n) is 7.72. The standard InChI is InChI=1S/C24H23N3O5/c28-21-13-18(16-9-3-5-11-19(16)26-21)24(31)32-14-22(29)27-20-12-6-4-10-17(20)23(30)25-15-7-1-2-8-15/h3-6,9-13,15H,1-2,7-8,14H2,(H,25,30)(H,26,28)(H,27,29). The number of anilines is 1. The lowest BCUT2D eigenvalue weighted by Gasteiger charge is -2.15. The first kappa shape index (κ1) is 21.3. The summed E-state index contributed by atoms with van der Waals surface area (Å²) in [7, 11) is 0. The van der Waals surface area contributed by atoms with Crippen molar-refractivity contribution in [2.45, 2.75) is 31.7 Å². The van der Waals surface area contributed by atoms with E-state index in [-0.39, 0.29) is 17.5 Å². The number of rotatable bonds is 6. The summed E-state index contributed by atoms with van der Waals surface area (Å²) < 4.78 is 5.13. The molecule has 3 N–H and O–H groups in total. The van der Waals surface area contributed by atoms with Crippen molar-refractivity contribution in [1.82, 2.24) is 10.3 Å². The molecule has 3 aromatic rings. The zero-order valence-electron chi connectivity index (χ0n) is 17.4. The van der Waals surface area contributed by atoms with Gasteiger partial charge in [0, 0.05) is 23.0 Å². The maximum absolute atomic E-state index is 12.6. The molecule has 32 heavy (non-hydrogen) atoms. The van der Waals surface area contributed by atoms with Gasteiger partial charge in [0.15, 0.2) is 6.61 Å². The maximum Gasteiger partial charge on any atom is 0.339 e. The zero-order chi connectivity index (χ0) is 22.5. The molecule has 0 radical (unpaired) electrons. The topological polar surface area (TPSA) is 117 Å². The molecule has 1 saturated carbocycles. The van der Waals surface area contributed by atoms with Crippen LogP contribution in [0.4, 0.5) is 5.69 Å². The molecule has 8 nitrogen and oxygen atoms in total. The molecule has 2 amide bonds. The summed E-state index contributed by atoms with van der Waals surface area (Å²) in [6.45, 7) is -0.557. The number of carbonyl (C=O) groups excluding carboxylic acids is 3. The SMILES string of the molecule is O=C(COC(=O)c1cc(=O)[nH]c2ccccc12)Nc1ccccc1C(=O)NC1CCCC1. The minimum atomic E-state index is -0.783. The number of carbonyl (C=O) groups is 3. The van der Waals surface area contributed by atoms with Crippen LogP contribution in [-0.2, 0) is 9.53 Å². The molecule has 2 aromatic carbocycles. The second kappa shape index (κ2) is 9.47. The Morgan fingerprint density at radius 1 is 0.969 bits per heavy atom. The average molecular weight is 433 g/mol. The molecule has 1 fully saturated rings. The molecular formula is C24H23N3O5. The molecule has 164 valence electrons. The molecule has 0 bridgehead atoms. The third-order valence-electron chi connectivity index (χ3n) is 5.44. The van der Waals surface area contributed by atoms with Crippen molar-refractivity contribution in [2.75, 3.05) is 11.9 Å². The number of para-hydroxylation sites is 2. The van der Waals surface area contributed by atoms with Gasteiger partial charge in [-0.05, 0) is 31.0 Å². The Morgan fingerprint density at radius 3 is 2.50 bits per heavy atom. The van der Waals surface area contributed by atoms with Gasteiger partial charge < -0.3 is 20.4 Å². The Morgan fingerprint density at radius 2 is 1.69 bits per heavy atom. The van der Waals surface area contributed by atoms with E-state index in [9.17, 15) is 19.2 Å². The van der Waals surface area contributed by atoms with Crippen LogP contribution in [0.15, 0.2) is 59.4 Å². The molecule has 0 atom stereocenters. The summed E-state index contributed by atoms with van der Waals surface area (Å²) in [6, 6.07) is 14.8. The number of fused-ring (bicyclic) bond motifs is 1. The van der Waals surface area contributed by atoms with Crippen molar-refractivity contribution in [1.29, 1.82) is 0 Å². The number of H-pyrrole nitrogens is 1. The van der Waals surface area contributed by atoms with Crippen LogP contribution in [0.25, 0.3) is 10.9 Å². The van der Waals surface area contributed by atoms with Crippen molar-refractivity contribution in [3.8, 4) is 0 Å². The lowest BCUT2D eigenvalue weighted by molar-refractivity contribution is -0.119. The largest absolute Gasteiger partial charge is 0.452 e. The first-order chi connectivity index (χ1) is 15.5. The number of aromatic amines is 1. The average Bonchev–Trinajstić information content (AvgIpc) is 3.30. The van der Waals surface area contributed by atoms with Crippen LogP contribution >= 0.6 is 0 Å². The predicted molar refractivity (Wildman–Crippen MR) is 120 cm³/mol. The lowest BCUT2D eigenvalue weighted by atomic mass is 10.1. The van der Waals surface area contributed by atoms with Crippen molar-refractivity contribution in [3.05, 3.63) is 76.1 Å². The third kappa shape index (κ3) is 4.85. The number of pyridine rings is 1. The fourth-order valence-electron chi connectivity index (χ4n) is 3.89. The molecule has 0 aliphatic heterocycles. The number of amides is 2. The van der Waals surface area contributed by atoms with Crippen LogP contribution in [0.2, 0.25) is 0 Å². The zero-order valence-corrected chi connectivity index (χ0v) is 17.4. The summed E-state index contributed by atoms with van der Waals surface area (Å²) >= 11 is 0. The van der Waals surface area contributed by atoms with Crippen molar-refractivity contribution in [3.63, 3.8) is 0 Å². The number of hydrogen-bond donors (Lipinski definition) is 3. The maximum atomic E-state index is 12.6. The van der Waals surface area contributed by atoms with Crippen LogP contribution < -0.4 is 16.2 Å². The fourth-order valence-corrected chi connectivity index (χ4v) is 3.89. The van der Waals surface area contributed by atoms with E-state index in [0.717, 1.165) is 31.7 Å². The molecule has 0 unspecified atom stereocenters. The van der Waals surface area contributed by atoms with Crippen LogP contribution in [0, 0.1) is 0 Å². The second-order valence-corrected chi connectivity index (χ2v) is 7.72. The van der Waals surface area contributed by atoms with E-state index < -0.39 is 24.0 Å². The quantitative estimate of drug-likeness (QED) is 0.517. The first-order valence-electron chi connectivity index (χ1n) is 10.5. The molecule has 0 saturated heterocycles. The molecule has 1 aromatic heterocycles. The minimum absolute atomic E-state index is 0.0773. The normalized spacial score (nSPS) is 13.6. The summed E-state index contributed by atoms with van der Waals surface area (Å²) in [5.41, 5.74) is 0.819. The monoisotopic (exact) mass is 433 g/mol. The highest BCUT2D eigenvalue weighted by Crippen LogP contribution is 2.20. The first-order valence-corrected chi connectivity index (χ1v) is 10.5. The van der Waals surface area contributed by atoms with E-state index in [0.29, 0.717) is 22.2 Å². The van der Waals surface area contributed by atoms with E-state index in [1.54, 1.807) is 48.5 Å². The van der Waals surface area contributed by atoms with Crippen molar-refractivity contribution in [2.24, 2.45) is 0 Å². The highest BCUT2D eigenvalue weighted by atomic mass is 16.5. The predicted octanol–water partition coefficient (Wildman–Crippen LogP) is 3.00. The van der Waals surface area contributed by atoms with Gasteiger partial charge in [-0.3, -0.25) is 14.4 Å². The summed E-state index contributed by atoms with van der Waals surface area (Å²) in [6.07, 6.45) is 4.09. The molecular weight excluding hydrogens is 410 g/mol. The smallest absolute Gasteiger partial charge is 0.339 e. The van der Waals surface area contributed by atoms with Gasteiger partial charge in [-0.1, -0.05) is 43.2 Å². The Bertz CT molecular complexity index is 1230. The molecule has 0 spiro atoms. The van der Waals surface area contributed by atoms with Crippen LogP contribution in [-0.4, -0.2) is 35.4 Å². The number of ether oxygens (including phenoxy) is 1. The summed E-state index contributed by atoms with van der Waals surface area (Å²) in [4.78, 5) is 52.0. The number of hydrogen-bond acceptors (Lipinski definition) is 5. The summed E-state index contributed by atoms with van der Waals surface area (Å²) in [5.74, 6) is -1.62. The Labute approximate surface area is 184 Å². The van der Waals surface area contributed by atoms with E-state index in [2.05, 4.69) is 15.6 Å². The van der Waals surface area contributed by atoms with Gasteiger partial charge in [-0.15, -0.1) is 0 Å². The summed E-state index contributed by atoms with van der Waals surface area (Å²) in [5, 5.41) is 6.14. The van der Waals surface area contributed by atoms with Gasteiger partial charge in [0.2, 0.25) is 5.56 Å². The molecule has 1 aliphatic rings. The van der Waals surface area contributed by atoms with E-state index in [4.69, 9.17) is 4.74 Å². The fraction of sp³-hybridized carbons (Fsp3) is 0.250. The molecule has 1 heterocycles. The van der Waals surface area contributed by atoms with E-state index in [1.165, 1.54) is 0 Å². The van der Waals surface area contributed by atoms with Crippen LogP contribution in [0.1, 0.15) is 46.4 Å². The molecule has 1 aliphatic carbocycles.